The Morgan fingerprint density at radius 2 is 1.93 bits per heavy atom. The molecule has 158 valence electrons. The van der Waals surface area contributed by atoms with Crippen LogP contribution in [-0.4, -0.2) is 35.8 Å². The molecular weight excluding hydrogens is 420 g/mol. The van der Waals surface area contributed by atoms with Crippen LogP contribution in [0.25, 0.3) is 10.2 Å². The van der Waals surface area contributed by atoms with E-state index in [9.17, 15) is 9.59 Å². The van der Waals surface area contributed by atoms with Crippen molar-refractivity contribution in [1.29, 1.82) is 0 Å². The van der Waals surface area contributed by atoms with Crippen LogP contribution in [0.3, 0.4) is 0 Å². The topological polar surface area (TPSA) is 77.5 Å². The number of nitrogens with one attached hydrogen (secondary N) is 1. The fraction of sp³-hybridized carbons (Fsp3) is 0.318. The smallest absolute Gasteiger partial charge is 0.338 e. The minimum Gasteiger partial charge on any atom is -0.494 e. The summed E-state index contributed by atoms with van der Waals surface area (Å²) in [5.74, 6) is 0.590. The van der Waals surface area contributed by atoms with Crippen molar-refractivity contribution in [2.45, 2.75) is 31.0 Å². The first-order chi connectivity index (χ1) is 14.6. The number of nitrogens with zero attached hydrogens (tertiary/aromatic N) is 1. The number of fused-ring (bicyclic) bond motifs is 1. The van der Waals surface area contributed by atoms with E-state index in [2.05, 4.69) is 10.3 Å². The van der Waals surface area contributed by atoms with E-state index in [0.717, 1.165) is 33.1 Å². The Labute approximate surface area is 184 Å². The highest BCUT2D eigenvalue weighted by atomic mass is 32.2. The molecule has 0 saturated carbocycles. The normalized spacial score (nSPS) is 10.7. The van der Waals surface area contributed by atoms with Gasteiger partial charge in [0.2, 0.25) is 5.91 Å². The highest BCUT2D eigenvalue weighted by Gasteiger charge is 2.10. The van der Waals surface area contributed by atoms with Crippen molar-refractivity contribution < 1.29 is 19.1 Å². The van der Waals surface area contributed by atoms with Crippen LogP contribution in [0.5, 0.6) is 5.75 Å². The van der Waals surface area contributed by atoms with Crippen LogP contribution in [0, 0.1) is 0 Å². The Morgan fingerprint density at radius 3 is 2.67 bits per heavy atom. The number of ether oxygens (including phenoxy) is 2. The molecule has 30 heavy (non-hydrogen) atoms. The molecule has 6 nitrogen and oxygen atoms in total. The molecule has 0 bridgehead atoms. The first-order valence-corrected chi connectivity index (χ1v) is 11.6. The van der Waals surface area contributed by atoms with E-state index in [-0.39, 0.29) is 17.6 Å². The van der Waals surface area contributed by atoms with Crippen molar-refractivity contribution >= 4 is 50.9 Å². The van der Waals surface area contributed by atoms with E-state index in [4.69, 9.17) is 9.47 Å². The SMILES string of the molecule is CCCCOC(=O)c1ccc(NC(=O)CSc2nc3ccc(OCC)cc3s2)cc1. The molecule has 0 fully saturated rings. The quantitative estimate of drug-likeness (QED) is 0.257. The summed E-state index contributed by atoms with van der Waals surface area (Å²) in [7, 11) is 0. The molecule has 0 aliphatic heterocycles. The fourth-order valence-electron chi connectivity index (χ4n) is 2.61. The molecule has 8 heteroatoms. The predicted octanol–water partition coefficient (Wildman–Crippen LogP) is 5.38. The third-order valence-electron chi connectivity index (χ3n) is 4.11. The van der Waals surface area contributed by atoms with Gasteiger partial charge in [-0.15, -0.1) is 11.3 Å². The van der Waals surface area contributed by atoms with Gasteiger partial charge >= 0.3 is 5.97 Å². The second-order valence-electron chi connectivity index (χ2n) is 6.45. The predicted molar refractivity (Wildman–Crippen MR) is 122 cm³/mol. The summed E-state index contributed by atoms with van der Waals surface area (Å²) in [5, 5.41) is 2.84. The second-order valence-corrected chi connectivity index (χ2v) is 8.70. The molecule has 0 atom stereocenters. The Bertz CT molecular complexity index is 1000. The van der Waals surface area contributed by atoms with Gasteiger partial charge in [0.15, 0.2) is 4.34 Å². The number of anilines is 1. The molecule has 3 aromatic rings. The van der Waals surface area contributed by atoms with Crippen LogP contribution in [0.2, 0.25) is 0 Å². The summed E-state index contributed by atoms with van der Waals surface area (Å²) in [6, 6.07) is 12.5. The lowest BCUT2D eigenvalue weighted by molar-refractivity contribution is -0.113. The summed E-state index contributed by atoms with van der Waals surface area (Å²) >= 11 is 2.93. The second kappa shape index (κ2) is 11.0. The third kappa shape index (κ3) is 6.21. The largest absolute Gasteiger partial charge is 0.494 e. The Kier molecular flexibility index (Phi) is 8.10. The number of esters is 1. The van der Waals surface area contributed by atoms with Crippen molar-refractivity contribution in [3.8, 4) is 5.75 Å². The Morgan fingerprint density at radius 1 is 1.13 bits per heavy atom. The lowest BCUT2D eigenvalue weighted by Crippen LogP contribution is -2.14. The van der Waals surface area contributed by atoms with Gasteiger partial charge < -0.3 is 14.8 Å². The lowest BCUT2D eigenvalue weighted by atomic mass is 10.2. The number of amides is 1. The number of aromatic nitrogens is 1. The summed E-state index contributed by atoms with van der Waals surface area (Å²) in [6.07, 6.45) is 1.82. The molecule has 0 saturated heterocycles. The van der Waals surface area contributed by atoms with Gasteiger partial charge in [-0.1, -0.05) is 25.1 Å². The highest BCUT2D eigenvalue weighted by Crippen LogP contribution is 2.32. The van der Waals surface area contributed by atoms with E-state index >= 15 is 0 Å². The zero-order valence-electron chi connectivity index (χ0n) is 17.0. The van der Waals surface area contributed by atoms with Crippen molar-refractivity contribution in [2.75, 3.05) is 24.3 Å². The van der Waals surface area contributed by atoms with Crippen LogP contribution >= 0.6 is 23.1 Å². The number of thiazole rings is 1. The molecule has 0 unspecified atom stereocenters. The molecule has 0 aliphatic rings. The van der Waals surface area contributed by atoms with Gasteiger partial charge in [-0.2, -0.15) is 0 Å². The van der Waals surface area contributed by atoms with E-state index in [0.29, 0.717) is 24.5 Å². The zero-order chi connectivity index (χ0) is 21.3. The maximum Gasteiger partial charge on any atom is 0.338 e. The van der Waals surface area contributed by atoms with Gasteiger partial charge in [0, 0.05) is 5.69 Å². The van der Waals surface area contributed by atoms with Gasteiger partial charge in [0.25, 0.3) is 0 Å². The molecule has 1 aromatic heterocycles. The van der Waals surface area contributed by atoms with Gasteiger partial charge in [0.05, 0.1) is 34.7 Å². The maximum atomic E-state index is 12.3. The first kappa shape index (κ1) is 22.1. The van der Waals surface area contributed by atoms with Crippen LogP contribution in [0.1, 0.15) is 37.0 Å². The van der Waals surface area contributed by atoms with Crippen molar-refractivity contribution in [3.63, 3.8) is 0 Å². The number of benzene rings is 2. The number of rotatable bonds is 10. The molecule has 1 amide bonds. The standard InChI is InChI=1S/C22H24N2O4S2/c1-3-5-12-28-21(26)15-6-8-16(9-7-15)23-20(25)14-29-22-24-18-11-10-17(27-4-2)13-19(18)30-22/h6-11,13H,3-5,12,14H2,1-2H3,(H,23,25). The third-order valence-corrected chi connectivity index (χ3v) is 6.27. The molecule has 1 N–H and O–H groups in total. The van der Waals surface area contributed by atoms with Gasteiger partial charge in [-0.25, -0.2) is 9.78 Å². The summed E-state index contributed by atoms with van der Waals surface area (Å²) in [5.41, 5.74) is 2.00. The average molecular weight is 445 g/mol. The minimum atomic E-state index is -0.347. The summed E-state index contributed by atoms with van der Waals surface area (Å²) in [6.45, 7) is 5.03. The van der Waals surface area contributed by atoms with E-state index in [1.54, 1.807) is 24.3 Å². The minimum absolute atomic E-state index is 0.132. The fourth-order valence-corrected chi connectivity index (χ4v) is 4.51. The van der Waals surface area contributed by atoms with Gasteiger partial charge in [-0.3, -0.25) is 4.79 Å². The zero-order valence-corrected chi connectivity index (χ0v) is 18.6. The van der Waals surface area contributed by atoms with E-state index in [1.165, 1.54) is 23.1 Å². The molecule has 2 aromatic carbocycles. The summed E-state index contributed by atoms with van der Waals surface area (Å²) < 4.78 is 12.6. The number of carbonyl (C=O) groups excluding carboxylic acids is 2. The Hall–Kier alpha value is -2.58. The van der Waals surface area contributed by atoms with Gasteiger partial charge in [-0.05, 0) is 55.8 Å². The molecule has 0 aliphatic carbocycles. The Balaban J connectivity index is 1.50. The number of unbranched alkanes of at least 4 members (excludes halogenated alkanes) is 1. The maximum absolute atomic E-state index is 12.3. The monoisotopic (exact) mass is 444 g/mol. The first-order valence-electron chi connectivity index (χ1n) is 9.82. The molecule has 3 rings (SSSR count). The van der Waals surface area contributed by atoms with Crippen LogP contribution in [-0.2, 0) is 9.53 Å². The van der Waals surface area contributed by atoms with Gasteiger partial charge in [0.1, 0.15) is 5.75 Å². The van der Waals surface area contributed by atoms with Crippen LogP contribution < -0.4 is 10.1 Å². The van der Waals surface area contributed by atoms with E-state index < -0.39 is 0 Å². The molecule has 0 radical (unpaired) electrons. The van der Waals surface area contributed by atoms with Crippen molar-refractivity contribution in [3.05, 3.63) is 48.0 Å². The number of carbonyl (C=O) groups is 2. The molecule has 1 heterocycles. The lowest BCUT2D eigenvalue weighted by Gasteiger charge is -2.06. The van der Waals surface area contributed by atoms with E-state index in [1.807, 2.05) is 32.0 Å². The molecule has 0 spiro atoms. The molecular formula is C22H24N2O4S2. The van der Waals surface area contributed by atoms with Crippen molar-refractivity contribution in [2.24, 2.45) is 0 Å². The number of thioether (sulfide) groups is 1. The number of hydrogen-bond donors (Lipinski definition) is 1. The van der Waals surface area contributed by atoms with Crippen molar-refractivity contribution in [1.82, 2.24) is 4.98 Å². The highest BCUT2D eigenvalue weighted by molar-refractivity contribution is 8.01. The van der Waals surface area contributed by atoms with Crippen LogP contribution in [0.4, 0.5) is 5.69 Å². The van der Waals surface area contributed by atoms with Crippen LogP contribution in [0.15, 0.2) is 46.8 Å². The number of hydrogen-bond acceptors (Lipinski definition) is 7. The summed E-state index contributed by atoms with van der Waals surface area (Å²) in [4.78, 5) is 28.7. The average Bonchev–Trinajstić information content (AvgIpc) is 3.15.